The van der Waals surface area contributed by atoms with E-state index in [9.17, 15) is 18.0 Å². The summed E-state index contributed by atoms with van der Waals surface area (Å²) < 4.78 is 38.0. The molecule has 0 fully saturated rings. The number of aromatic nitrogens is 1. The van der Waals surface area contributed by atoms with Crippen molar-refractivity contribution in [3.8, 4) is 5.75 Å². The second kappa shape index (κ2) is 6.69. The van der Waals surface area contributed by atoms with Crippen molar-refractivity contribution in [3.05, 3.63) is 34.7 Å². The minimum atomic E-state index is -4.18. The molecular formula is C17H19N3O6S. The molecule has 1 aliphatic heterocycles. The number of carbonyl (C=O) groups excluding carboxylic acids is 2. The summed E-state index contributed by atoms with van der Waals surface area (Å²) in [7, 11) is -4.18. The van der Waals surface area contributed by atoms with E-state index < -0.39 is 22.0 Å². The summed E-state index contributed by atoms with van der Waals surface area (Å²) in [4.78, 5) is 24.1. The average molecular weight is 393 g/mol. The molecule has 0 aliphatic carbocycles. The van der Waals surface area contributed by atoms with Crippen molar-refractivity contribution in [1.82, 2.24) is 9.88 Å². The normalized spacial score (nSPS) is 16.3. The Kier molecular flexibility index (Phi) is 4.68. The van der Waals surface area contributed by atoms with Gasteiger partial charge in [-0.2, -0.15) is 0 Å². The predicted octanol–water partition coefficient (Wildman–Crippen LogP) is 1.69. The van der Waals surface area contributed by atoms with Gasteiger partial charge in [-0.15, -0.1) is 0 Å². The lowest BCUT2D eigenvalue weighted by Crippen LogP contribution is -2.35. The number of benzene rings is 1. The Morgan fingerprint density at radius 2 is 2.04 bits per heavy atom. The van der Waals surface area contributed by atoms with Crippen LogP contribution in [-0.2, 0) is 21.2 Å². The standard InChI is InChI=1S/C17H19N3O6S/c1-5-11-15(9(3)26-19-11)17(22)20-27(23,24)14-7-13-12(6-8(14)2)18-16(21)10(4)25-13/h6-7,10H,5H2,1-4H3,(H,18,21)(H,20,22)/t10-/m1/s1. The first kappa shape index (κ1) is 18.9. The van der Waals surface area contributed by atoms with E-state index in [4.69, 9.17) is 9.26 Å². The van der Waals surface area contributed by atoms with E-state index in [2.05, 4.69) is 10.5 Å². The molecule has 3 rings (SSSR count). The van der Waals surface area contributed by atoms with Crippen LogP contribution < -0.4 is 14.8 Å². The third-order valence-electron chi connectivity index (χ3n) is 4.22. The highest BCUT2D eigenvalue weighted by atomic mass is 32.2. The molecule has 10 heteroatoms. The molecular weight excluding hydrogens is 374 g/mol. The highest BCUT2D eigenvalue weighted by Crippen LogP contribution is 2.34. The van der Waals surface area contributed by atoms with Gasteiger partial charge in [0.05, 0.1) is 16.3 Å². The van der Waals surface area contributed by atoms with Crippen molar-refractivity contribution in [2.45, 2.75) is 45.1 Å². The Hall–Kier alpha value is -2.88. The van der Waals surface area contributed by atoms with Crippen molar-refractivity contribution < 1.29 is 27.3 Å². The fourth-order valence-electron chi connectivity index (χ4n) is 2.81. The summed E-state index contributed by atoms with van der Waals surface area (Å²) in [6.07, 6.45) is -0.333. The van der Waals surface area contributed by atoms with Gasteiger partial charge >= 0.3 is 0 Å². The van der Waals surface area contributed by atoms with E-state index in [1.54, 1.807) is 20.8 Å². The summed E-state index contributed by atoms with van der Waals surface area (Å²) in [6.45, 7) is 6.43. The third-order valence-corrected chi connectivity index (χ3v) is 5.69. The number of ether oxygens (including phenoxy) is 1. The smallest absolute Gasteiger partial charge is 0.270 e. The van der Waals surface area contributed by atoms with E-state index in [1.807, 2.05) is 4.72 Å². The van der Waals surface area contributed by atoms with Crippen LogP contribution in [0.2, 0.25) is 0 Å². The molecule has 2 heterocycles. The zero-order valence-corrected chi connectivity index (χ0v) is 16.1. The van der Waals surface area contributed by atoms with Crippen LogP contribution in [-0.4, -0.2) is 31.5 Å². The number of fused-ring (bicyclic) bond motifs is 1. The van der Waals surface area contributed by atoms with Crippen molar-refractivity contribution >= 4 is 27.5 Å². The highest BCUT2D eigenvalue weighted by molar-refractivity contribution is 7.90. The quantitative estimate of drug-likeness (QED) is 0.809. The summed E-state index contributed by atoms with van der Waals surface area (Å²) in [6, 6.07) is 2.78. The molecule has 0 saturated carbocycles. The Morgan fingerprint density at radius 1 is 1.33 bits per heavy atom. The molecule has 0 radical (unpaired) electrons. The van der Waals surface area contributed by atoms with Crippen LogP contribution in [0.4, 0.5) is 5.69 Å². The first-order chi connectivity index (χ1) is 12.6. The zero-order valence-electron chi connectivity index (χ0n) is 15.2. The summed E-state index contributed by atoms with van der Waals surface area (Å²) in [5, 5.41) is 6.41. The number of nitrogens with one attached hydrogen (secondary N) is 2. The molecule has 9 nitrogen and oxygen atoms in total. The van der Waals surface area contributed by atoms with Crippen molar-refractivity contribution in [2.24, 2.45) is 0 Å². The predicted molar refractivity (Wildman–Crippen MR) is 95.2 cm³/mol. The Balaban J connectivity index is 1.96. The molecule has 1 aliphatic rings. The summed E-state index contributed by atoms with van der Waals surface area (Å²) in [5.74, 6) is -0.677. The van der Waals surface area contributed by atoms with Gasteiger partial charge in [0.15, 0.2) is 6.10 Å². The number of amides is 2. The topological polar surface area (TPSA) is 128 Å². The Bertz CT molecular complexity index is 1040. The fourth-order valence-corrected chi connectivity index (χ4v) is 4.01. The molecule has 2 amide bonds. The van der Waals surface area contributed by atoms with Gasteiger partial charge in [-0.25, -0.2) is 13.1 Å². The lowest BCUT2D eigenvalue weighted by molar-refractivity contribution is -0.122. The largest absolute Gasteiger partial charge is 0.479 e. The van der Waals surface area contributed by atoms with Gasteiger partial charge in [0, 0.05) is 6.07 Å². The summed E-state index contributed by atoms with van der Waals surface area (Å²) >= 11 is 0. The Labute approximate surface area is 156 Å². The highest BCUT2D eigenvalue weighted by Gasteiger charge is 2.29. The number of rotatable bonds is 4. The molecule has 1 atom stereocenters. The van der Waals surface area contributed by atoms with Gasteiger partial charge in [-0.3, -0.25) is 9.59 Å². The maximum atomic E-state index is 12.8. The number of hydrogen-bond donors (Lipinski definition) is 2. The molecule has 2 N–H and O–H groups in total. The molecule has 0 saturated heterocycles. The molecule has 27 heavy (non-hydrogen) atoms. The number of anilines is 1. The van der Waals surface area contributed by atoms with Crippen LogP contribution in [0.15, 0.2) is 21.6 Å². The summed E-state index contributed by atoms with van der Waals surface area (Å²) in [5.41, 5.74) is 1.21. The maximum absolute atomic E-state index is 12.8. The van der Waals surface area contributed by atoms with Crippen LogP contribution in [0.1, 0.15) is 41.2 Å². The third kappa shape index (κ3) is 3.39. The first-order valence-corrected chi connectivity index (χ1v) is 9.76. The van der Waals surface area contributed by atoms with Crippen LogP contribution in [0, 0.1) is 13.8 Å². The van der Waals surface area contributed by atoms with Crippen LogP contribution in [0.25, 0.3) is 0 Å². The van der Waals surface area contributed by atoms with Crippen LogP contribution >= 0.6 is 0 Å². The van der Waals surface area contributed by atoms with Gasteiger partial charge in [0.2, 0.25) is 0 Å². The van der Waals surface area contributed by atoms with E-state index in [0.717, 1.165) is 0 Å². The number of aryl methyl sites for hydroxylation is 3. The molecule has 0 spiro atoms. The number of sulfonamides is 1. The SMILES string of the molecule is CCc1noc(C)c1C(=O)NS(=O)(=O)c1cc2c(cc1C)NC(=O)[C@@H](C)O2. The molecule has 0 unspecified atom stereocenters. The molecule has 1 aromatic heterocycles. The van der Waals surface area contributed by atoms with Gasteiger partial charge in [-0.05, 0) is 38.8 Å². The molecule has 144 valence electrons. The first-order valence-electron chi connectivity index (χ1n) is 8.28. The maximum Gasteiger partial charge on any atom is 0.270 e. The second-order valence-corrected chi connectivity index (χ2v) is 7.86. The number of carbonyl (C=O) groups is 2. The second-order valence-electron chi connectivity index (χ2n) is 6.21. The van der Waals surface area contributed by atoms with E-state index in [0.29, 0.717) is 23.4 Å². The Morgan fingerprint density at radius 3 is 2.70 bits per heavy atom. The van der Waals surface area contributed by atoms with Crippen molar-refractivity contribution in [1.29, 1.82) is 0 Å². The van der Waals surface area contributed by atoms with Gasteiger partial charge in [-0.1, -0.05) is 12.1 Å². The molecule has 2 aromatic rings. The van der Waals surface area contributed by atoms with Gasteiger partial charge < -0.3 is 14.6 Å². The van der Waals surface area contributed by atoms with Crippen LogP contribution in [0.5, 0.6) is 5.75 Å². The van der Waals surface area contributed by atoms with Crippen molar-refractivity contribution in [3.63, 3.8) is 0 Å². The fraction of sp³-hybridized carbons (Fsp3) is 0.353. The lowest BCUT2D eigenvalue weighted by Gasteiger charge is -2.24. The average Bonchev–Trinajstić information content (AvgIpc) is 2.96. The van der Waals surface area contributed by atoms with Gasteiger partial charge in [0.1, 0.15) is 17.1 Å². The van der Waals surface area contributed by atoms with Crippen molar-refractivity contribution in [2.75, 3.05) is 5.32 Å². The number of nitrogens with zero attached hydrogens (tertiary/aromatic N) is 1. The van der Waals surface area contributed by atoms with E-state index in [-0.39, 0.29) is 27.9 Å². The minimum Gasteiger partial charge on any atom is -0.479 e. The van der Waals surface area contributed by atoms with Crippen LogP contribution in [0.3, 0.4) is 0 Å². The monoisotopic (exact) mass is 393 g/mol. The molecule has 1 aromatic carbocycles. The number of hydrogen-bond acceptors (Lipinski definition) is 7. The lowest BCUT2D eigenvalue weighted by atomic mass is 10.1. The van der Waals surface area contributed by atoms with E-state index >= 15 is 0 Å². The zero-order chi connectivity index (χ0) is 19.9. The molecule has 0 bridgehead atoms. The van der Waals surface area contributed by atoms with E-state index in [1.165, 1.54) is 19.1 Å². The minimum absolute atomic E-state index is 0.105. The van der Waals surface area contributed by atoms with Gasteiger partial charge in [0.25, 0.3) is 21.8 Å².